The van der Waals surface area contributed by atoms with E-state index in [1.165, 1.54) is 9.75 Å². The average Bonchev–Trinajstić information content (AvgIpc) is 2.78. The summed E-state index contributed by atoms with van der Waals surface area (Å²) in [6.45, 7) is 2.91. The van der Waals surface area contributed by atoms with Gasteiger partial charge in [0.2, 0.25) is 5.95 Å². The van der Waals surface area contributed by atoms with Crippen LogP contribution in [0.2, 0.25) is 0 Å². The number of rotatable bonds is 4. The molecular formula is C11H13BrN4S. The van der Waals surface area contributed by atoms with Crippen molar-refractivity contribution in [2.75, 3.05) is 11.1 Å². The predicted molar refractivity (Wildman–Crippen MR) is 75.2 cm³/mol. The molecule has 0 amide bonds. The fourth-order valence-electron chi connectivity index (χ4n) is 1.38. The molecule has 0 fully saturated rings. The van der Waals surface area contributed by atoms with Gasteiger partial charge in [0.1, 0.15) is 5.82 Å². The molecule has 0 unspecified atom stereocenters. The molecular weight excluding hydrogens is 300 g/mol. The molecule has 2 aromatic heterocycles. The van der Waals surface area contributed by atoms with Crippen molar-refractivity contribution in [3.8, 4) is 0 Å². The molecule has 2 aromatic rings. The topological polar surface area (TPSA) is 63.8 Å². The quantitative estimate of drug-likeness (QED) is 0.910. The van der Waals surface area contributed by atoms with Gasteiger partial charge in [-0.2, -0.15) is 4.98 Å². The average molecular weight is 313 g/mol. The van der Waals surface area contributed by atoms with Crippen molar-refractivity contribution in [3.05, 3.63) is 32.6 Å². The van der Waals surface area contributed by atoms with E-state index in [0.717, 1.165) is 23.3 Å². The van der Waals surface area contributed by atoms with Crippen molar-refractivity contribution in [2.45, 2.75) is 19.9 Å². The Bertz CT molecular complexity index is 512. The molecule has 4 nitrogen and oxygen atoms in total. The summed E-state index contributed by atoms with van der Waals surface area (Å²) in [5.41, 5.74) is 5.54. The first kappa shape index (κ1) is 12.3. The summed E-state index contributed by atoms with van der Waals surface area (Å²) in [4.78, 5) is 10.7. The molecule has 0 aliphatic heterocycles. The number of halogens is 1. The van der Waals surface area contributed by atoms with Crippen molar-refractivity contribution in [2.24, 2.45) is 0 Å². The van der Waals surface area contributed by atoms with Crippen LogP contribution in [0.1, 0.15) is 16.7 Å². The number of hydrogen-bond acceptors (Lipinski definition) is 5. The van der Waals surface area contributed by atoms with E-state index in [-0.39, 0.29) is 5.95 Å². The number of thiophene rings is 1. The Morgan fingerprint density at radius 2 is 2.18 bits per heavy atom. The molecule has 90 valence electrons. The Hall–Kier alpha value is -1.14. The van der Waals surface area contributed by atoms with Crippen molar-refractivity contribution in [1.29, 1.82) is 0 Å². The Kier molecular flexibility index (Phi) is 3.96. The van der Waals surface area contributed by atoms with Crippen LogP contribution in [0.3, 0.4) is 0 Å². The highest BCUT2D eigenvalue weighted by Crippen LogP contribution is 2.22. The maximum Gasteiger partial charge on any atom is 0.221 e. The highest BCUT2D eigenvalue weighted by Gasteiger charge is 2.04. The maximum atomic E-state index is 5.54. The van der Waals surface area contributed by atoms with E-state index in [2.05, 4.69) is 50.3 Å². The summed E-state index contributed by atoms with van der Waals surface area (Å²) in [5, 5.41) is 3.24. The lowest BCUT2D eigenvalue weighted by atomic mass is 10.3. The Balaban J connectivity index is 2.04. The highest BCUT2D eigenvalue weighted by molar-refractivity contribution is 9.10. The molecule has 0 bridgehead atoms. The molecule has 6 heteroatoms. The second-order valence-corrected chi connectivity index (χ2v) is 5.61. The van der Waals surface area contributed by atoms with Crippen LogP contribution < -0.4 is 11.1 Å². The molecule has 0 saturated carbocycles. The van der Waals surface area contributed by atoms with Gasteiger partial charge in [0, 0.05) is 16.0 Å². The number of anilines is 2. The maximum absolute atomic E-state index is 5.54. The minimum atomic E-state index is 0.274. The van der Waals surface area contributed by atoms with Crippen LogP contribution in [-0.4, -0.2) is 9.97 Å². The van der Waals surface area contributed by atoms with E-state index in [4.69, 9.17) is 5.73 Å². The number of nitrogen functional groups attached to an aromatic ring is 1. The third-order valence-corrected chi connectivity index (χ3v) is 4.07. The summed E-state index contributed by atoms with van der Waals surface area (Å²) in [7, 11) is 0. The molecule has 0 aliphatic carbocycles. The van der Waals surface area contributed by atoms with Crippen LogP contribution >= 0.6 is 27.3 Å². The first-order valence-corrected chi connectivity index (χ1v) is 6.89. The summed E-state index contributed by atoms with van der Waals surface area (Å²) in [6, 6.07) is 4.29. The lowest BCUT2D eigenvalue weighted by Crippen LogP contribution is -2.04. The Labute approximate surface area is 112 Å². The molecule has 0 spiro atoms. The van der Waals surface area contributed by atoms with E-state index < -0.39 is 0 Å². The summed E-state index contributed by atoms with van der Waals surface area (Å²) in [5.74, 6) is 1.00. The summed E-state index contributed by atoms with van der Waals surface area (Å²) < 4.78 is 0.818. The molecule has 2 rings (SSSR count). The highest BCUT2D eigenvalue weighted by atomic mass is 79.9. The van der Waals surface area contributed by atoms with Gasteiger partial charge in [0.25, 0.3) is 0 Å². The molecule has 0 saturated heterocycles. The SMILES string of the molecule is CCc1ccc(CNc2nc(N)ncc2Br)s1. The lowest BCUT2D eigenvalue weighted by molar-refractivity contribution is 1.10. The van der Waals surface area contributed by atoms with Crippen molar-refractivity contribution in [3.63, 3.8) is 0 Å². The van der Waals surface area contributed by atoms with Crippen molar-refractivity contribution < 1.29 is 0 Å². The number of aryl methyl sites for hydroxylation is 1. The first-order chi connectivity index (χ1) is 8.19. The monoisotopic (exact) mass is 312 g/mol. The van der Waals surface area contributed by atoms with Crippen LogP contribution in [0.5, 0.6) is 0 Å². The van der Waals surface area contributed by atoms with Crippen LogP contribution in [0.15, 0.2) is 22.8 Å². The molecule has 2 heterocycles. The minimum Gasteiger partial charge on any atom is -0.368 e. The van der Waals surface area contributed by atoms with Gasteiger partial charge >= 0.3 is 0 Å². The van der Waals surface area contributed by atoms with E-state index >= 15 is 0 Å². The largest absolute Gasteiger partial charge is 0.368 e. The second-order valence-electron chi connectivity index (χ2n) is 3.50. The van der Waals surface area contributed by atoms with E-state index in [0.29, 0.717) is 0 Å². The van der Waals surface area contributed by atoms with Gasteiger partial charge in [-0.25, -0.2) is 4.98 Å². The number of nitrogens with two attached hydrogens (primary N) is 1. The Morgan fingerprint density at radius 1 is 1.41 bits per heavy atom. The normalized spacial score (nSPS) is 10.5. The molecule has 0 atom stereocenters. The fourth-order valence-corrected chi connectivity index (χ4v) is 2.61. The van der Waals surface area contributed by atoms with Gasteiger partial charge in [-0.05, 0) is 34.5 Å². The van der Waals surface area contributed by atoms with Gasteiger partial charge in [-0.15, -0.1) is 11.3 Å². The lowest BCUT2D eigenvalue weighted by Gasteiger charge is -2.06. The number of nitrogens with zero attached hydrogens (tertiary/aromatic N) is 2. The molecule has 17 heavy (non-hydrogen) atoms. The molecule has 0 aliphatic rings. The van der Waals surface area contributed by atoms with Crippen LogP contribution in [0.25, 0.3) is 0 Å². The number of nitrogens with one attached hydrogen (secondary N) is 1. The molecule has 3 N–H and O–H groups in total. The van der Waals surface area contributed by atoms with E-state index in [1.807, 2.05) is 11.3 Å². The molecule has 0 radical (unpaired) electrons. The van der Waals surface area contributed by atoms with Crippen molar-refractivity contribution >= 4 is 39.0 Å². The predicted octanol–water partition coefficient (Wildman–Crippen LogP) is 3.06. The smallest absolute Gasteiger partial charge is 0.221 e. The third-order valence-electron chi connectivity index (χ3n) is 2.26. The zero-order valence-corrected chi connectivity index (χ0v) is 11.8. The van der Waals surface area contributed by atoms with Crippen LogP contribution in [-0.2, 0) is 13.0 Å². The second kappa shape index (κ2) is 5.46. The van der Waals surface area contributed by atoms with Gasteiger partial charge in [-0.1, -0.05) is 6.92 Å². The van der Waals surface area contributed by atoms with Gasteiger partial charge < -0.3 is 11.1 Å². The van der Waals surface area contributed by atoms with E-state index in [9.17, 15) is 0 Å². The third kappa shape index (κ3) is 3.17. The van der Waals surface area contributed by atoms with E-state index in [1.54, 1.807) is 6.20 Å². The number of hydrogen-bond donors (Lipinski definition) is 2. The summed E-state index contributed by atoms with van der Waals surface area (Å²) >= 11 is 5.19. The number of aromatic nitrogens is 2. The van der Waals surface area contributed by atoms with Gasteiger partial charge in [0.05, 0.1) is 11.0 Å². The Morgan fingerprint density at radius 3 is 2.88 bits per heavy atom. The van der Waals surface area contributed by atoms with Gasteiger partial charge in [-0.3, -0.25) is 0 Å². The standard InChI is InChI=1S/C11H13BrN4S/c1-2-7-3-4-8(17-7)5-14-10-9(12)6-15-11(13)16-10/h3-4,6H,2,5H2,1H3,(H3,13,14,15,16). The van der Waals surface area contributed by atoms with Crippen LogP contribution in [0, 0.1) is 0 Å². The molecule has 0 aromatic carbocycles. The summed E-state index contributed by atoms with van der Waals surface area (Å²) in [6.07, 6.45) is 2.73. The van der Waals surface area contributed by atoms with Gasteiger partial charge in [0.15, 0.2) is 0 Å². The fraction of sp³-hybridized carbons (Fsp3) is 0.273. The first-order valence-electron chi connectivity index (χ1n) is 5.28. The zero-order valence-electron chi connectivity index (χ0n) is 9.40. The minimum absolute atomic E-state index is 0.274. The van der Waals surface area contributed by atoms with Crippen LogP contribution in [0.4, 0.5) is 11.8 Å². The van der Waals surface area contributed by atoms with Crippen molar-refractivity contribution in [1.82, 2.24) is 9.97 Å². The zero-order chi connectivity index (χ0) is 12.3.